The molecule has 1 aromatic heterocycles. The van der Waals surface area contributed by atoms with Gasteiger partial charge in [-0.25, -0.2) is 0 Å². The Morgan fingerprint density at radius 2 is 1.67 bits per heavy atom. The number of pyridine rings is 1. The van der Waals surface area contributed by atoms with E-state index in [1.807, 2.05) is 42.5 Å². The molecule has 24 heavy (non-hydrogen) atoms. The highest BCUT2D eigenvalue weighted by atomic mass is 16.2. The van der Waals surface area contributed by atoms with Gasteiger partial charge in [0.05, 0.1) is 0 Å². The fourth-order valence-corrected chi connectivity index (χ4v) is 2.67. The topological polar surface area (TPSA) is 71.1 Å². The Morgan fingerprint density at radius 1 is 0.958 bits per heavy atom. The van der Waals surface area contributed by atoms with Crippen LogP contribution in [-0.4, -0.2) is 23.3 Å². The number of nitrogens with zero attached hydrogens (tertiary/aromatic N) is 1. The Morgan fingerprint density at radius 3 is 2.33 bits per heavy atom. The van der Waals surface area contributed by atoms with Crippen molar-refractivity contribution in [1.82, 2.24) is 15.6 Å². The van der Waals surface area contributed by atoms with Crippen LogP contribution in [0.4, 0.5) is 0 Å². The van der Waals surface area contributed by atoms with E-state index in [0.717, 1.165) is 12.0 Å². The standard InChI is InChI=1S/C19H21N3O2/c23-17(21-12-8-15-5-2-1-3-6-15)19(9-10-19)18(24)22-14-16-7-4-11-20-13-16/h1-7,11,13H,8-10,12,14H2,(H,21,23)(H,22,24). The average Bonchev–Trinajstić information content (AvgIpc) is 3.43. The minimum absolute atomic E-state index is 0.165. The SMILES string of the molecule is O=C(NCCc1ccccc1)C1(C(=O)NCc2cccnc2)CC1. The van der Waals surface area contributed by atoms with Crippen molar-refractivity contribution >= 4 is 11.8 Å². The molecule has 1 aliphatic carbocycles. The maximum atomic E-state index is 12.4. The van der Waals surface area contributed by atoms with Gasteiger partial charge in [0.1, 0.15) is 5.41 Å². The molecule has 3 rings (SSSR count). The number of amides is 2. The van der Waals surface area contributed by atoms with E-state index in [1.165, 1.54) is 5.56 Å². The van der Waals surface area contributed by atoms with Gasteiger partial charge in [0, 0.05) is 25.5 Å². The average molecular weight is 323 g/mol. The van der Waals surface area contributed by atoms with Crippen molar-refractivity contribution in [3.05, 3.63) is 66.0 Å². The molecule has 1 aromatic carbocycles. The lowest BCUT2D eigenvalue weighted by Gasteiger charge is -2.15. The van der Waals surface area contributed by atoms with Gasteiger partial charge in [-0.05, 0) is 36.5 Å². The zero-order chi connectivity index (χ0) is 16.8. The summed E-state index contributed by atoms with van der Waals surface area (Å²) in [5.74, 6) is -0.356. The maximum absolute atomic E-state index is 12.4. The second-order valence-electron chi connectivity index (χ2n) is 6.12. The van der Waals surface area contributed by atoms with Crippen molar-refractivity contribution in [1.29, 1.82) is 0 Å². The first-order chi connectivity index (χ1) is 11.7. The highest BCUT2D eigenvalue weighted by Gasteiger charge is 2.56. The first-order valence-corrected chi connectivity index (χ1v) is 8.20. The Kier molecular flexibility index (Phi) is 4.89. The van der Waals surface area contributed by atoms with E-state index in [-0.39, 0.29) is 11.8 Å². The molecule has 5 nitrogen and oxygen atoms in total. The van der Waals surface area contributed by atoms with Crippen molar-refractivity contribution < 1.29 is 9.59 Å². The molecule has 2 aromatic rings. The number of carbonyl (C=O) groups is 2. The van der Waals surface area contributed by atoms with Crippen LogP contribution in [0.25, 0.3) is 0 Å². The number of carbonyl (C=O) groups excluding carboxylic acids is 2. The summed E-state index contributed by atoms with van der Waals surface area (Å²) in [7, 11) is 0. The summed E-state index contributed by atoms with van der Waals surface area (Å²) in [4.78, 5) is 28.8. The van der Waals surface area contributed by atoms with Crippen molar-refractivity contribution in [3.63, 3.8) is 0 Å². The molecule has 0 unspecified atom stereocenters. The van der Waals surface area contributed by atoms with Gasteiger partial charge in [0.2, 0.25) is 11.8 Å². The molecule has 5 heteroatoms. The minimum atomic E-state index is -0.876. The third kappa shape index (κ3) is 3.79. The van der Waals surface area contributed by atoms with Crippen molar-refractivity contribution in [2.45, 2.75) is 25.8 Å². The van der Waals surface area contributed by atoms with Gasteiger partial charge in [-0.1, -0.05) is 36.4 Å². The summed E-state index contributed by atoms with van der Waals surface area (Å²) in [6.45, 7) is 0.937. The number of benzene rings is 1. The van der Waals surface area contributed by atoms with Crippen LogP contribution < -0.4 is 10.6 Å². The lowest BCUT2D eigenvalue weighted by molar-refractivity contribution is -0.137. The van der Waals surface area contributed by atoms with Crippen LogP contribution in [0.15, 0.2) is 54.9 Å². The molecular formula is C19H21N3O2. The van der Waals surface area contributed by atoms with E-state index >= 15 is 0 Å². The van der Waals surface area contributed by atoms with Crippen LogP contribution in [0.5, 0.6) is 0 Å². The van der Waals surface area contributed by atoms with Crippen molar-refractivity contribution in [3.8, 4) is 0 Å². The Hall–Kier alpha value is -2.69. The van der Waals surface area contributed by atoms with Gasteiger partial charge in [0.15, 0.2) is 0 Å². The molecule has 0 aliphatic heterocycles. The second kappa shape index (κ2) is 7.25. The van der Waals surface area contributed by atoms with Crippen LogP contribution in [0.2, 0.25) is 0 Å². The van der Waals surface area contributed by atoms with Crippen LogP contribution in [-0.2, 0) is 22.6 Å². The van der Waals surface area contributed by atoms with E-state index in [9.17, 15) is 9.59 Å². The molecule has 0 bridgehead atoms. The molecule has 0 radical (unpaired) electrons. The number of aromatic nitrogens is 1. The lowest BCUT2D eigenvalue weighted by Crippen LogP contribution is -2.43. The van der Waals surface area contributed by atoms with E-state index in [2.05, 4.69) is 15.6 Å². The van der Waals surface area contributed by atoms with Crippen molar-refractivity contribution in [2.24, 2.45) is 5.41 Å². The summed E-state index contributed by atoms with van der Waals surface area (Å²) in [6.07, 6.45) is 5.39. The van der Waals surface area contributed by atoms with Gasteiger partial charge in [-0.3, -0.25) is 14.6 Å². The summed E-state index contributed by atoms with van der Waals surface area (Å²) in [5.41, 5.74) is 1.22. The smallest absolute Gasteiger partial charge is 0.235 e. The van der Waals surface area contributed by atoms with Crippen LogP contribution in [0, 0.1) is 5.41 Å². The first kappa shape index (κ1) is 16.2. The van der Waals surface area contributed by atoms with Crippen LogP contribution >= 0.6 is 0 Å². The fourth-order valence-electron chi connectivity index (χ4n) is 2.67. The molecule has 2 amide bonds. The van der Waals surface area contributed by atoms with E-state index < -0.39 is 5.41 Å². The summed E-state index contributed by atoms with van der Waals surface area (Å²) in [5, 5.41) is 5.75. The second-order valence-corrected chi connectivity index (χ2v) is 6.12. The summed E-state index contributed by atoms with van der Waals surface area (Å²) >= 11 is 0. The number of hydrogen-bond acceptors (Lipinski definition) is 3. The Bertz CT molecular complexity index is 697. The zero-order valence-electron chi connectivity index (χ0n) is 13.5. The van der Waals surface area contributed by atoms with Crippen LogP contribution in [0.3, 0.4) is 0 Å². The highest BCUT2D eigenvalue weighted by molar-refractivity contribution is 6.07. The van der Waals surface area contributed by atoms with Gasteiger partial charge < -0.3 is 10.6 Å². The number of hydrogen-bond donors (Lipinski definition) is 2. The molecule has 1 saturated carbocycles. The third-order valence-corrected chi connectivity index (χ3v) is 4.34. The summed E-state index contributed by atoms with van der Waals surface area (Å²) < 4.78 is 0. The van der Waals surface area contributed by atoms with E-state index in [1.54, 1.807) is 12.4 Å². The minimum Gasteiger partial charge on any atom is -0.355 e. The fraction of sp³-hybridized carbons (Fsp3) is 0.316. The van der Waals surface area contributed by atoms with E-state index in [0.29, 0.717) is 25.9 Å². The van der Waals surface area contributed by atoms with Gasteiger partial charge in [-0.2, -0.15) is 0 Å². The van der Waals surface area contributed by atoms with Crippen molar-refractivity contribution in [2.75, 3.05) is 6.54 Å². The molecule has 124 valence electrons. The molecule has 0 atom stereocenters. The molecule has 1 aliphatic rings. The quantitative estimate of drug-likeness (QED) is 0.764. The highest BCUT2D eigenvalue weighted by Crippen LogP contribution is 2.46. The molecule has 2 N–H and O–H groups in total. The predicted molar refractivity (Wildman–Crippen MR) is 90.9 cm³/mol. The lowest BCUT2D eigenvalue weighted by atomic mass is 10.0. The predicted octanol–water partition coefficient (Wildman–Crippen LogP) is 1.84. The molecule has 0 spiro atoms. The molecule has 1 fully saturated rings. The Balaban J connectivity index is 1.47. The third-order valence-electron chi connectivity index (χ3n) is 4.34. The molecular weight excluding hydrogens is 302 g/mol. The zero-order valence-corrected chi connectivity index (χ0v) is 13.5. The van der Waals surface area contributed by atoms with Gasteiger partial charge in [-0.15, -0.1) is 0 Å². The number of rotatable bonds is 7. The normalized spacial score (nSPS) is 14.7. The van der Waals surface area contributed by atoms with Gasteiger partial charge >= 0.3 is 0 Å². The van der Waals surface area contributed by atoms with E-state index in [4.69, 9.17) is 0 Å². The molecule has 0 saturated heterocycles. The van der Waals surface area contributed by atoms with Gasteiger partial charge in [0.25, 0.3) is 0 Å². The Labute approximate surface area is 141 Å². The maximum Gasteiger partial charge on any atom is 0.235 e. The first-order valence-electron chi connectivity index (χ1n) is 8.20. The molecule has 1 heterocycles. The largest absolute Gasteiger partial charge is 0.355 e. The monoisotopic (exact) mass is 323 g/mol. The number of nitrogens with one attached hydrogen (secondary N) is 2. The van der Waals surface area contributed by atoms with Crippen LogP contribution in [0.1, 0.15) is 24.0 Å². The summed E-state index contributed by atoms with van der Waals surface area (Å²) in [6, 6.07) is 13.7.